The molecule has 0 fully saturated rings. The molecule has 0 radical (unpaired) electrons. The van der Waals surface area contributed by atoms with Crippen LogP contribution < -0.4 is 0 Å². The zero-order valence-corrected chi connectivity index (χ0v) is 17.3. The molecule has 0 atom stereocenters. The van der Waals surface area contributed by atoms with Gasteiger partial charge >= 0.3 is 0 Å². The van der Waals surface area contributed by atoms with E-state index in [4.69, 9.17) is 4.42 Å². The number of ketones is 1. The molecule has 142 valence electrons. The lowest BCUT2D eigenvalue weighted by molar-refractivity contribution is 0.102. The van der Waals surface area contributed by atoms with Gasteiger partial charge in [0.1, 0.15) is 0 Å². The van der Waals surface area contributed by atoms with Gasteiger partial charge in [-0.15, -0.1) is 10.2 Å². The Hall–Kier alpha value is -2.34. The molecule has 0 aliphatic rings. The third kappa shape index (κ3) is 4.33. The number of Topliss-reactive ketones (excluding diaryl/α,β-unsaturated/α-hetero) is 1. The summed E-state index contributed by atoms with van der Waals surface area (Å²) < 4.78 is 7.53. The van der Waals surface area contributed by atoms with Gasteiger partial charge in [0.25, 0.3) is 0 Å². The summed E-state index contributed by atoms with van der Waals surface area (Å²) in [4.78, 5) is 12.8. The molecule has 6 heteroatoms. The molecule has 0 unspecified atom stereocenters. The van der Waals surface area contributed by atoms with Crippen molar-refractivity contribution in [2.24, 2.45) is 5.92 Å². The SMILES string of the molecule is Cc1cc(C)c(C(=O)CSc2nnc(-c3ccco3)n2CC(C)C)cc1C. The Morgan fingerprint density at radius 3 is 2.56 bits per heavy atom. The predicted octanol–water partition coefficient (Wildman–Crippen LogP) is 5.09. The highest BCUT2D eigenvalue weighted by atomic mass is 32.2. The number of nitrogens with zero attached hydrogens (tertiary/aromatic N) is 3. The normalized spacial score (nSPS) is 11.3. The van der Waals surface area contributed by atoms with Crippen molar-refractivity contribution >= 4 is 17.5 Å². The summed E-state index contributed by atoms with van der Waals surface area (Å²) in [6, 6.07) is 7.77. The average molecular weight is 384 g/mol. The molecule has 0 aliphatic carbocycles. The number of aromatic nitrogens is 3. The summed E-state index contributed by atoms with van der Waals surface area (Å²) in [7, 11) is 0. The molecule has 0 saturated carbocycles. The molecule has 2 heterocycles. The number of carbonyl (C=O) groups excluding carboxylic acids is 1. The van der Waals surface area contributed by atoms with Crippen molar-refractivity contribution in [1.82, 2.24) is 14.8 Å². The Morgan fingerprint density at radius 1 is 1.15 bits per heavy atom. The lowest BCUT2D eigenvalue weighted by Gasteiger charge is -2.12. The standard InChI is InChI=1S/C21H25N3O2S/c1-13(2)11-24-20(19-7-6-8-26-19)22-23-21(24)27-12-18(25)17-10-15(4)14(3)9-16(17)5/h6-10,13H,11-12H2,1-5H3. The molecular weight excluding hydrogens is 358 g/mol. The van der Waals surface area contributed by atoms with Crippen LogP contribution in [0.4, 0.5) is 0 Å². The summed E-state index contributed by atoms with van der Waals surface area (Å²) >= 11 is 1.43. The third-order valence-electron chi connectivity index (χ3n) is 4.48. The van der Waals surface area contributed by atoms with Gasteiger partial charge in [0, 0.05) is 12.1 Å². The fourth-order valence-electron chi connectivity index (χ4n) is 2.98. The number of furan rings is 1. The summed E-state index contributed by atoms with van der Waals surface area (Å²) in [6.45, 7) is 11.1. The van der Waals surface area contributed by atoms with Gasteiger partial charge in [0.2, 0.25) is 0 Å². The molecule has 2 aromatic heterocycles. The van der Waals surface area contributed by atoms with Crippen molar-refractivity contribution in [2.45, 2.75) is 46.3 Å². The van der Waals surface area contributed by atoms with Gasteiger partial charge < -0.3 is 4.42 Å². The Labute approximate surface area is 164 Å². The molecule has 0 bridgehead atoms. The van der Waals surface area contributed by atoms with Gasteiger partial charge in [-0.3, -0.25) is 9.36 Å². The number of thioether (sulfide) groups is 1. The van der Waals surface area contributed by atoms with Crippen LogP contribution in [0.2, 0.25) is 0 Å². The fourth-order valence-corrected chi connectivity index (χ4v) is 3.81. The first kappa shape index (κ1) is 19.4. The minimum Gasteiger partial charge on any atom is -0.461 e. The molecule has 1 aromatic carbocycles. The van der Waals surface area contributed by atoms with E-state index in [1.165, 1.54) is 17.3 Å². The van der Waals surface area contributed by atoms with Crippen molar-refractivity contribution in [3.05, 3.63) is 52.8 Å². The fraction of sp³-hybridized carbons (Fsp3) is 0.381. The number of hydrogen-bond acceptors (Lipinski definition) is 5. The van der Waals surface area contributed by atoms with Crippen LogP contribution in [0.5, 0.6) is 0 Å². The first-order valence-corrected chi connectivity index (χ1v) is 10.1. The molecule has 0 spiro atoms. The monoisotopic (exact) mass is 383 g/mol. The van der Waals surface area contributed by atoms with Crippen molar-refractivity contribution in [1.29, 1.82) is 0 Å². The minimum atomic E-state index is 0.110. The summed E-state index contributed by atoms with van der Waals surface area (Å²) in [5, 5.41) is 9.34. The summed E-state index contributed by atoms with van der Waals surface area (Å²) in [6.07, 6.45) is 1.63. The van der Waals surface area contributed by atoms with E-state index >= 15 is 0 Å². The molecular formula is C21H25N3O2S. The second kappa shape index (κ2) is 8.13. The highest BCUT2D eigenvalue weighted by Gasteiger charge is 2.19. The smallest absolute Gasteiger partial charge is 0.200 e. The van der Waals surface area contributed by atoms with Crippen LogP contribution in [0.3, 0.4) is 0 Å². The van der Waals surface area contributed by atoms with Crippen LogP contribution in [0.25, 0.3) is 11.6 Å². The van der Waals surface area contributed by atoms with Crippen LogP contribution in [0.1, 0.15) is 40.9 Å². The molecule has 0 amide bonds. The first-order valence-electron chi connectivity index (χ1n) is 9.07. The van der Waals surface area contributed by atoms with Crippen molar-refractivity contribution in [3.8, 4) is 11.6 Å². The lowest BCUT2D eigenvalue weighted by atomic mass is 9.99. The van der Waals surface area contributed by atoms with Gasteiger partial charge in [-0.05, 0) is 61.6 Å². The first-order chi connectivity index (χ1) is 12.9. The zero-order chi connectivity index (χ0) is 19.6. The van der Waals surface area contributed by atoms with E-state index < -0.39 is 0 Å². The zero-order valence-electron chi connectivity index (χ0n) is 16.4. The number of benzene rings is 1. The van der Waals surface area contributed by atoms with Gasteiger partial charge in [-0.25, -0.2) is 0 Å². The maximum atomic E-state index is 12.8. The van der Waals surface area contributed by atoms with Crippen LogP contribution in [-0.4, -0.2) is 26.3 Å². The van der Waals surface area contributed by atoms with Gasteiger partial charge in [-0.1, -0.05) is 31.7 Å². The Morgan fingerprint density at radius 2 is 1.89 bits per heavy atom. The van der Waals surface area contributed by atoms with E-state index in [-0.39, 0.29) is 5.78 Å². The van der Waals surface area contributed by atoms with Crippen LogP contribution >= 0.6 is 11.8 Å². The predicted molar refractivity (Wildman–Crippen MR) is 108 cm³/mol. The molecule has 0 aliphatic heterocycles. The maximum absolute atomic E-state index is 12.8. The van der Waals surface area contributed by atoms with E-state index in [2.05, 4.69) is 37.0 Å². The van der Waals surface area contributed by atoms with Gasteiger partial charge in [-0.2, -0.15) is 0 Å². The topological polar surface area (TPSA) is 60.9 Å². The second-order valence-corrected chi connectivity index (χ2v) is 8.19. The number of hydrogen-bond donors (Lipinski definition) is 0. The van der Waals surface area contributed by atoms with E-state index in [1.54, 1.807) is 6.26 Å². The van der Waals surface area contributed by atoms with Crippen LogP contribution in [0, 0.1) is 26.7 Å². The quantitative estimate of drug-likeness (QED) is 0.420. The molecule has 5 nitrogen and oxygen atoms in total. The minimum absolute atomic E-state index is 0.110. The van der Waals surface area contributed by atoms with E-state index in [1.807, 2.05) is 36.6 Å². The van der Waals surface area contributed by atoms with E-state index in [0.29, 0.717) is 23.3 Å². The molecule has 3 aromatic rings. The van der Waals surface area contributed by atoms with E-state index in [0.717, 1.165) is 28.4 Å². The van der Waals surface area contributed by atoms with Crippen LogP contribution in [0.15, 0.2) is 40.1 Å². The lowest BCUT2D eigenvalue weighted by Crippen LogP contribution is -2.10. The molecule has 0 N–H and O–H groups in total. The number of rotatable bonds is 7. The Balaban J connectivity index is 1.82. The third-order valence-corrected chi connectivity index (χ3v) is 5.45. The van der Waals surface area contributed by atoms with Crippen molar-refractivity contribution < 1.29 is 9.21 Å². The molecule has 27 heavy (non-hydrogen) atoms. The second-order valence-electron chi connectivity index (χ2n) is 7.25. The van der Waals surface area contributed by atoms with Crippen LogP contribution in [-0.2, 0) is 6.54 Å². The summed E-state index contributed by atoms with van der Waals surface area (Å²) in [5.41, 5.74) is 4.14. The maximum Gasteiger partial charge on any atom is 0.200 e. The van der Waals surface area contributed by atoms with Crippen molar-refractivity contribution in [3.63, 3.8) is 0 Å². The Bertz CT molecular complexity index is 943. The summed E-state index contributed by atoms with van der Waals surface area (Å²) in [5.74, 6) is 2.25. The molecule has 3 rings (SSSR count). The Kier molecular flexibility index (Phi) is 5.85. The average Bonchev–Trinajstić information content (AvgIpc) is 3.25. The van der Waals surface area contributed by atoms with E-state index in [9.17, 15) is 4.79 Å². The molecule has 0 saturated heterocycles. The largest absolute Gasteiger partial charge is 0.461 e. The highest BCUT2D eigenvalue weighted by Crippen LogP contribution is 2.26. The number of carbonyl (C=O) groups is 1. The van der Waals surface area contributed by atoms with Crippen molar-refractivity contribution in [2.75, 3.05) is 5.75 Å². The number of aryl methyl sites for hydroxylation is 3. The highest BCUT2D eigenvalue weighted by molar-refractivity contribution is 7.99. The van der Waals surface area contributed by atoms with Gasteiger partial charge in [0.15, 0.2) is 22.5 Å². The van der Waals surface area contributed by atoms with Gasteiger partial charge in [0.05, 0.1) is 12.0 Å².